The third kappa shape index (κ3) is 3.45. The maximum absolute atomic E-state index is 13.1. The van der Waals surface area contributed by atoms with E-state index in [4.69, 9.17) is 0 Å². The first-order valence-corrected chi connectivity index (χ1v) is 7.17. The lowest BCUT2D eigenvalue weighted by molar-refractivity contribution is -0.123. The lowest BCUT2D eigenvalue weighted by Gasteiger charge is -2.11. The van der Waals surface area contributed by atoms with Crippen LogP contribution < -0.4 is 10.6 Å². The minimum absolute atomic E-state index is 0. The number of alkyl halides is 2. The number of para-hydroxylation sites is 1. The molecule has 1 amide bonds. The summed E-state index contributed by atoms with van der Waals surface area (Å²) in [4.78, 5) is 16.4. The van der Waals surface area contributed by atoms with Crippen LogP contribution in [0.1, 0.15) is 17.8 Å². The van der Waals surface area contributed by atoms with Gasteiger partial charge in [0.1, 0.15) is 5.82 Å². The van der Waals surface area contributed by atoms with Crippen molar-refractivity contribution in [2.45, 2.75) is 31.9 Å². The molecule has 1 atom stereocenters. The highest BCUT2D eigenvalue weighted by atomic mass is 35.5. The number of aromatic nitrogens is 2. The van der Waals surface area contributed by atoms with Crippen molar-refractivity contribution in [3.63, 3.8) is 0 Å². The van der Waals surface area contributed by atoms with Gasteiger partial charge >= 0.3 is 0 Å². The predicted molar refractivity (Wildman–Crippen MR) is 85.9 cm³/mol. The summed E-state index contributed by atoms with van der Waals surface area (Å²) < 4.78 is 28.1. The van der Waals surface area contributed by atoms with E-state index in [-0.39, 0.29) is 19.0 Å². The second-order valence-electron chi connectivity index (χ2n) is 5.74. The Morgan fingerprint density at radius 3 is 2.87 bits per heavy atom. The molecule has 126 valence electrons. The Morgan fingerprint density at radius 1 is 1.52 bits per heavy atom. The van der Waals surface area contributed by atoms with Gasteiger partial charge in [0.05, 0.1) is 30.2 Å². The van der Waals surface area contributed by atoms with E-state index in [1.54, 1.807) is 0 Å². The van der Waals surface area contributed by atoms with Crippen molar-refractivity contribution >= 4 is 29.3 Å². The molecule has 1 unspecified atom stereocenters. The van der Waals surface area contributed by atoms with Crippen LogP contribution in [0.25, 0.3) is 11.0 Å². The minimum atomic E-state index is -2.81. The van der Waals surface area contributed by atoms with Crippen molar-refractivity contribution in [2.75, 3.05) is 6.54 Å². The Balaban J connectivity index is 0.00000192. The molecule has 0 radical (unpaired) electrons. The highest BCUT2D eigenvalue weighted by Crippen LogP contribution is 2.25. The number of amides is 1. The molecule has 23 heavy (non-hydrogen) atoms. The molecule has 2 N–H and O–H groups in total. The fourth-order valence-electron chi connectivity index (χ4n) is 2.86. The van der Waals surface area contributed by atoms with E-state index in [2.05, 4.69) is 15.6 Å². The quantitative estimate of drug-likeness (QED) is 0.894. The molecule has 1 saturated heterocycles. The number of aryl methyl sites for hydroxylation is 2. The van der Waals surface area contributed by atoms with E-state index in [1.807, 2.05) is 36.7 Å². The Morgan fingerprint density at radius 2 is 2.26 bits per heavy atom. The predicted octanol–water partition coefficient (Wildman–Crippen LogP) is 1.92. The number of hydrogen-bond donors (Lipinski definition) is 2. The van der Waals surface area contributed by atoms with Gasteiger partial charge in [-0.2, -0.15) is 0 Å². The van der Waals surface area contributed by atoms with Gasteiger partial charge in [0.25, 0.3) is 5.92 Å². The maximum atomic E-state index is 13.1. The highest BCUT2D eigenvalue weighted by molar-refractivity contribution is 5.85. The third-order valence-electron chi connectivity index (χ3n) is 4.04. The fraction of sp³-hybridized carbons (Fsp3) is 0.467. The molecule has 1 fully saturated rings. The van der Waals surface area contributed by atoms with E-state index in [0.29, 0.717) is 5.82 Å². The Labute approximate surface area is 138 Å². The average molecular weight is 345 g/mol. The highest BCUT2D eigenvalue weighted by Gasteiger charge is 2.42. The summed E-state index contributed by atoms with van der Waals surface area (Å²) in [6.07, 6.45) is -0.458. The van der Waals surface area contributed by atoms with Crippen LogP contribution in [-0.4, -0.2) is 34.0 Å². The molecular weight excluding hydrogens is 326 g/mol. The zero-order chi connectivity index (χ0) is 15.9. The van der Waals surface area contributed by atoms with Crippen molar-refractivity contribution in [3.8, 4) is 0 Å². The summed E-state index contributed by atoms with van der Waals surface area (Å²) in [5, 5.41) is 5.23. The standard InChI is InChI=1S/C15H18F2N4O.ClH/c1-9-4-3-5-10-13(9)21(2)12(20-10)7-18-14(22)11-6-15(16,17)8-19-11;/h3-5,11,19H,6-8H2,1-2H3,(H,18,22);1H. The largest absolute Gasteiger partial charge is 0.348 e. The lowest BCUT2D eigenvalue weighted by atomic mass is 10.2. The van der Waals surface area contributed by atoms with Crippen molar-refractivity contribution in [3.05, 3.63) is 29.6 Å². The van der Waals surface area contributed by atoms with E-state index in [1.165, 1.54) is 0 Å². The molecule has 1 aliphatic heterocycles. The van der Waals surface area contributed by atoms with Crippen LogP contribution in [-0.2, 0) is 18.4 Å². The number of hydrogen-bond acceptors (Lipinski definition) is 3. The number of nitrogens with zero attached hydrogens (tertiary/aromatic N) is 2. The zero-order valence-electron chi connectivity index (χ0n) is 12.9. The first-order valence-electron chi connectivity index (χ1n) is 7.17. The van der Waals surface area contributed by atoms with Crippen LogP contribution in [0.15, 0.2) is 18.2 Å². The first kappa shape index (κ1) is 17.6. The van der Waals surface area contributed by atoms with Gasteiger partial charge < -0.3 is 9.88 Å². The van der Waals surface area contributed by atoms with Crippen molar-refractivity contribution < 1.29 is 13.6 Å². The molecule has 5 nitrogen and oxygen atoms in total. The van der Waals surface area contributed by atoms with Crippen LogP contribution in [0, 0.1) is 6.92 Å². The summed E-state index contributed by atoms with van der Waals surface area (Å²) in [5.74, 6) is -2.53. The van der Waals surface area contributed by atoms with Gasteiger partial charge in [-0.1, -0.05) is 12.1 Å². The second-order valence-corrected chi connectivity index (χ2v) is 5.74. The normalized spacial score (nSPS) is 19.6. The van der Waals surface area contributed by atoms with E-state index >= 15 is 0 Å². The lowest BCUT2D eigenvalue weighted by Crippen LogP contribution is -2.40. The SMILES string of the molecule is Cc1cccc2nc(CNC(=O)C3CC(F)(F)CN3)n(C)c12.Cl. The molecule has 0 spiro atoms. The third-order valence-corrected chi connectivity index (χ3v) is 4.04. The Hall–Kier alpha value is -1.73. The number of halogens is 3. The smallest absolute Gasteiger partial charge is 0.262 e. The number of fused-ring (bicyclic) bond motifs is 1. The number of benzene rings is 1. The molecule has 2 aromatic rings. The molecule has 8 heteroatoms. The van der Waals surface area contributed by atoms with Gasteiger partial charge in [0.15, 0.2) is 0 Å². The molecule has 1 aromatic carbocycles. The van der Waals surface area contributed by atoms with E-state index < -0.39 is 30.8 Å². The summed E-state index contributed by atoms with van der Waals surface area (Å²) in [6.45, 7) is 1.76. The van der Waals surface area contributed by atoms with Crippen LogP contribution in [0.5, 0.6) is 0 Å². The molecular formula is C15H19ClF2N4O. The second kappa shape index (κ2) is 6.41. The zero-order valence-corrected chi connectivity index (χ0v) is 13.7. The molecule has 1 aliphatic rings. The molecule has 1 aromatic heterocycles. The topological polar surface area (TPSA) is 59.0 Å². The van der Waals surface area contributed by atoms with E-state index in [9.17, 15) is 13.6 Å². The van der Waals surface area contributed by atoms with Crippen LogP contribution >= 0.6 is 12.4 Å². The molecule has 0 bridgehead atoms. The summed E-state index contributed by atoms with van der Waals surface area (Å²) in [5.41, 5.74) is 2.97. The summed E-state index contributed by atoms with van der Waals surface area (Å²) >= 11 is 0. The van der Waals surface area contributed by atoms with Gasteiger partial charge in [-0.15, -0.1) is 12.4 Å². The van der Waals surface area contributed by atoms with Gasteiger partial charge in [-0.25, -0.2) is 13.8 Å². The Kier molecular flexibility index (Phi) is 4.91. The minimum Gasteiger partial charge on any atom is -0.348 e. The average Bonchev–Trinajstić information content (AvgIpc) is 2.97. The van der Waals surface area contributed by atoms with Crippen LogP contribution in [0.2, 0.25) is 0 Å². The monoisotopic (exact) mass is 344 g/mol. The van der Waals surface area contributed by atoms with Crippen molar-refractivity contribution in [1.29, 1.82) is 0 Å². The van der Waals surface area contributed by atoms with Crippen molar-refractivity contribution in [1.82, 2.24) is 20.2 Å². The van der Waals surface area contributed by atoms with Gasteiger partial charge in [-0.05, 0) is 18.6 Å². The summed E-state index contributed by atoms with van der Waals surface area (Å²) in [6, 6.07) is 4.99. The molecule has 0 saturated carbocycles. The Bertz CT molecular complexity index is 732. The number of imidazole rings is 1. The fourth-order valence-corrected chi connectivity index (χ4v) is 2.86. The number of rotatable bonds is 3. The molecule has 0 aliphatic carbocycles. The van der Waals surface area contributed by atoms with E-state index in [0.717, 1.165) is 16.6 Å². The molecule has 2 heterocycles. The summed E-state index contributed by atoms with van der Waals surface area (Å²) in [7, 11) is 1.88. The van der Waals surface area contributed by atoms with Gasteiger partial charge in [0, 0.05) is 13.5 Å². The molecule has 3 rings (SSSR count). The van der Waals surface area contributed by atoms with Gasteiger partial charge in [0.2, 0.25) is 5.91 Å². The number of nitrogens with one attached hydrogen (secondary N) is 2. The van der Waals surface area contributed by atoms with Crippen LogP contribution in [0.4, 0.5) is 8.78 Å². The van der Waals surface area contributed by atoms with Crippen molar-refractivity contribution in [2.24, 2.45) is 7.05 Å². The number of carbonyl (C=O) groups excluding carboxylic acids is 1. The van der Waals surface area contributed by atoms with Gasteiger partial charge in [-0.3, -0.25) is 10.1 Å². The first-order chi connectivity index (χ1) is 10.4. The maximum Gasteiger partial charge on any atom is 0.262 e. The number of carbonyl (C=O) groups is 1. The van der Waals surface area contributed by atoms with Crippen LogP contribution in [0.3, 0.4) is 0 Å².